The van der Waals surface area contributed by atoms with E-state index in [0.717, 1.165) is 6.61 Å². The van der Waals surface area contributed by atoms with Crippen LogP contribution < -0.4 is 0 Å². The van der Waals surface area contributed by atoms with Gasteiger partial charge in [-0.1, -0.05) is 20.8 Å². The average molecular weight is 242 g/mol. The molecule has 0 N–H and O–H groups in total. The minimum Gasteiger partial charge on any atom is -0.384 e. The van der Waals surface area contributed by atoms with E-state index in [1.54, 1.807) is 7.11 Å². The molecular weight excluding hydrogens is 212 g/mol. The molecule has 1 aliphatic rings. The number of hydrogen-bond acceptors (Lipinski definition) is 3. The van der Waals surface area contributed by atoms with Crippen LogP contribution >= 0.6 is 0 Å². The first-order valence-corrected chi connectivity index (χ1v) is 7.01. The van der Waals surface area contributed by atoms with Crippen LogP contribution in [0.4, 0.5) is 0 Å². The fourth-order valence-electron chi connectivity index (χ4n) is 2.48. The van der Waals surface area contributed by atoms with Crippen molar-refractivity contribution in [3.8, 4) is 0 Å². The van der Waals surface area contributed by atoms with E-state index in [9.17, 15) is 0 Å². The number of piperazine rings is 1. The Balaban J connectivity index is 2.17. The molecule has 0 radical (unpaired) electrons. The van der Waals surface area contributed by atoms with Crippen LogP contribution in [0.15, 0.2) is 0 Å². The Morgan fingerprint density at radius 2 is 1.53 bits per heavy atom. The van der Waals surface area contributed by atoms with Crippen molar-refractivity contribution >= 4 is 0 Å². The van der Waals surface area contributed by atoms with Crippen molar-refractivity contribution in [1.29, 1.82) is 0 Å². The predicted octanol–water partition coefficient (Wildman–Crippen LogP) is 2.08. The van der Waals surface area contributed by atoms with Gasteiger partial charge in [0.05, 0.1) is 6.61 Å². The van der Waals surface area contributed by atoms with Crippen molar-refractivity contribution in [3.63, 3.8) is 0 Å². The van der Waals surface area contributed by atoms with Crippen LogP contribution in [0.5, 0.6) is 0 Å². The van der Waals surface area contributed by atoms with Gasteiger partial charge in [-0.2, -0.15) is 0 Å². The molecular formula is C14H30N2O. The number of hydrogen-bond donors (Lipinski definition) is 0. The highest BCUT2D eigenvalue weighted by Gasteiger charge is 2.21. The van der Waals surface area contributed by atoms with Crippen LogP contribution in [-0.4, -0.2) is 62.8 Å². The van der Waals surface area contributed by atoms with E-state index in [1.165, 1.54) is 52.1 Å². The van der Waals surface area contributed by atoms with E-state index in [2.05, 4.69) is 30.6 Å². The van der Waals surface area contributed by atoms with Gasteiger partial charge in [0, 0.05) is 33.3 Å². The SMILES string of the molecule is CCCN1CCN(CCC(C)(C)COC)CC1. The molecule has 1 rings (SSSR count). The van der Waals surface area contributed by atoms with Crippen molar-refractivity contribution in [2.45, 2.75) is 33.6 Å². The zero-order valence-electron chi connectivity index (χ0n) is 12.2. The standard InChI is InChI=1S/C14H30N2O/c1-5-7-15-9-11-16(12-10-15)8-6-14(2,3)13-17-4/h5-13H2,1-4H3. The fraction of sp³-hybridized carbons (Fsp3) is 1.00. The molecule has 0 saturated carbocycles. The Labute approximate surface area is 107 Å². The number of rotatable bonds is 7. The topological polar surface area (TPSA) is 15.7 Å². The molecule has 0 unspecified atom stereocenters. The lowest BCUT2D eigenvalue weighted by atomic mass is 9.90. The molecule has 0 aromatic rings. The van der Waals surface area contributed by atoms with E-state index in [-0.39, 0.29) is 0 Å². The molecule has 3 heteroatoms. The first-order chi connectivity index (χ1) is 8.07. The Morgan fingerprint density at radius 3 is 2.00 bits per heavy atom. The Morgan fingerprint density at radius 1 is 1.00 bits per heavy atom. The van der Waals surface area contributed by atoms with Crippen molar-refractivity contribution in [2.75, 3.05) is 53.0 Å². The molecule has 0 aliphatic carbocycles. The quantitative estimate of drug-likeness (QED) is 0.680. The summed E-state index contributed by atoms with van der Waals surface area (Å²) < 4.78 is 5.27. The minimum absolute atomic E-state index is 0.315. The van der Waals surface area contributed by atoms with Crippen molar-refractivity contribution in [1.82, 2.24) is 9.80 Å². The van der Waals surface area contributed by atoms with Crippen LogP contribution in [0, 0.1) is 5.41 Å². The number of ether oxygens (including phenoxy) is 1. The molecule has 102 valence electrons. The third-order valence-corrected chi connectivity index (χ3v) is 3.64. The van der Waals surface area contributed by atoms with E-state index >= 15 is 0 Å². The van der Waals surface area contributed by atoms with Crippen molar-refractivity contribution < 1.29 is 4.74 Å². The van der Waals surface area contributed by atoms with Crippen LogP contribution in [-0.2, 0) is 4.74 Å². The maximum absolute atomic E-state index is 5.27. The van der Waals surface area contributed by atoms with E-state index < -0.39 is 0 Å². The molecule has 0 bridgehead atoms. The number of nitrogens with zero attached hydrogens (tertiary/aromatic N) is 2. The lowest BCUT2D eigenvalue weighted by Crippen LogP contribution is -2.47. The average Bonchev–Trinajstić information content (AvgIpc) is 2.29. The summed E-state index contributed by atoms with van der Waals surface area (Å²) in [5.74, 6) is 0. The van der Waals surface area contributed by atoms with Crippen molar-refractivity contribution in [3.05, 3.63) is 0 Å². The zero-order valence-corrected chi connectivity index (χ0v) is 12.2. The van der Waals surface area contributed by atoms with Crippen LogP contribution in [0.2, 0.25) is 0 Å². The van der Waals surface area contributed by atoms with Gasteiger partial charge in [-0.3, -0.25) is 0 Å². The summed E-state index contributed by atoms with van der Waals surface area (Å²) >= 11 is 0. The molecule has 1 saturated heterocycles. The van der Waals surface area contributed by atoms with Gasteiger partial charge in [0.25, 0.3) is 0 Å². The first-order valence-electron chi connectivity index (χ1n) is 7.01. The highest BCUT2D eigenvalue weighted by molar-refractivity contribution is 4.75. The van der Waals surface area contributed by atoms with E-state index in [1.807, 2.05) is 0 Å². The monoisotopic (exact) mass is 242 g/mol. The summed E-state index contributed by atoms with van der Waals surface area (Å²) in [7, 11) is 1.80. The maximum atomic E-state index is 5.27. The second kappa shape index (κ2) is 7.34. The molecule has 17 heavy (non-hydrogen) atoms. The summed E-state index contributed by atoms with van der Waals surface area (Å²) in [4.78, 5) is 5.18. The largest absolute Gasteiger partial charge is 0.384 e. The smallest absolute Gasteiger partial charge is 0.0513 e. The molecule has 0 aromatic heterocycles. The second-order valence-electron chi connectivity index (χ2n) is 6.03. The summed E-state index contributed by atoms with van der Waals surface area (Å²) in [6.45, 7) is 15.2. The van der Waals surface area contributed by atoms with Gasteiger partial charge in [-0.25, -0.2) is 0 Å². The highest BCUT2D eigenvalue weighted by Crippen LogP contribution is 2.21. The summed E-state index contributed by atoms with van der Waals surface area (Å²) in [5.41, 5.74) is 0.315. The molecule has 1 fully saturated rings. The minimum atomic E-state index is 0.315. The molecule has 1 heterocycles. The second-order valence-corrected chi connectivity index (χ2v) is 6.03. The molecule has 0 atom stereocenters. The molecule has 0 aromatic carbocycles. The van der Waals surface area contributed by atoms with Gasteiger partial charge in [-0.15, -0.1) is 0 Å². The molecule has 3 nitrogen and oxygen atoms in total. The molecule has 1 aliphatic heterocycles. The zero-order chi connectivity index (χ0) is 12.7. The third kappa shape index (κ3) is 5.84. The predicted molar refractivity (Wildman–Crippen MR) is 73.4 cm³/mol. The number of methoxy groups -OCH3 is 1. The van der Waals surface area contributed by atoms with Gasteiger partial charge in [0.2, 0.25) is 0 Å². The molecule has 0 spiro atoms. The summed E-state index contributed by atoms with van der Waals surface area (Å²) in [6, 6.07) is 0. The normalized spacial score (nSPS) is 19.8. The van der Waals surface area contributed by atoms with Crippen molar-refractivity contribution in [2.24, 2.45) is 5.41 Å². The summed E-state index contributed by atoms with van der Waals surface area (Å²) in [6.07, 6.45) is 2.51. The fourth-order valence-corrected chi connectivity index (χ4v) is 2.48. The van der Waals surface area contributed by atoms with E-state index in [4.69, 9.17) is 4.74 Å². The first kappa shape index (κ1) is 14.9. The Kier molecular flexibility index (Phi) is 6.45. The summed E-state index contributed by atoms with van der Waals surface area (Å²) in [5, 5.41) is 0. The van der Waals surface area contributed by atoms with E-state index in [0.29, 0.717) is 5.41 Å². The van der Waals surface area contributed by atoms with Gasteiger partial charge in [0.15, 0.2) is 0 Å². The lowest BCUT2D eigenvalue weighted by Gasteiger charge is -2.36. The molecule has 0 amide bonds. The highest BCUT2D eigenvalue weighted by atomic mass is 16.5. The maximum Gasteiger partial charge on any atom is 0.0513 e. The Bertz CT molecular complexity index is 198. The van der Waals surface area contributed by atoms with Crippen LogP contribution in [0.25, 0.3) is 0 Å². The Hall–Kier alpha value is -0.120. The van der Waals surface area contributed by atoms with Gasteiger partial charge in [-0.05, 0) is 31.3 Å². The lowest BCUT2D eigenvalue weighted by molar-refractivity contribution is 0.0747. The van der Waals surface area contributed by atoms with Gasteiger partial charge >= 0.3 is 0 Å². The third-order valence-electron chi connectivity index (χ3n) is 3.64. The van der Waals surface area contributed by atoms with Gasteiger partial charge in [0.1, 0.15) is 0 Å². The van der Waals surface area contributed by atoms with Crippen LogP contribution in [0.3, 0.4) is 0 Å². The van der Waals surface area contributed by atoms with Gasteiger partial charge < -0.3 is 14.5 Å². The van der Waals surface area contributed by atoms with Crippen LogP contribution in [0.1, 0.15) is 33.6 Å².